The summed E-state index contributed by atoms with van der Waals surface area (Å²) in [6, 6.07) is 2.53. The minimum absolute atomic E-state index is 0.268. The maximum absolute atomic E-state index is 13.7. The largest absolute Gasteiger partial charge is 0.299 e. The molecule has 0 atom stereocenters. The van der Waals surface area contributed by atoms with Gasteiger partial charge in [-0.1, -0.05) is 6.58 Å². The molecular formula is C13H15F2N. The van der Waals surface area contributed by atoms with Crippen molar-refractivity contribution in [3.05, 3.63) is 41.5 Å². The molecule has 0 bridgehead atoms. The van der Waals surface area contributed by atoms with E-state index in [-0.39, 0.29) is 17.2 Å². The average molecular weight is 223 g/mol. The number of benzene rings is 1. The van der Waals surface area contributed by atoms with Gasteiger partial charge in [-0.3, -0.25) is 4.90 Å². The van der Waals surface area contributed by atoms with Crippen LogP contribution in [0.4, 0.5) is 8.78 Å². The van der Waals surface area contributed by atoms with Gasteiger partial charge in [-0.05, 0) is 44.1 Å². The Hall–Kier alpha value is -1.22. The highest BCUT2D eigenvalue weighted by Gasteiger charge is 2.17. The summed E-state index contributed by atoms with van der Waals surface area (Å²) in [5, 5.41) is 0. The zero-order valence-corrected chi connectivity index (χ0v) is 9.39. The van der Waals surface area contributed by atoms with E-state index in [9.17, 15) is 8.78 Å². The minimum Gasteiger partial charge on any atom is -0.299 e. The predicted octanol–water partition coefficient (Wildman–Crippen LogP) is 3.20. The van der Waals surface area contributed by atoms with Crippen molar-refractivity contribution in [2.24, 2.45) is 0 Å². The Labute approximate surface area is 94.4 Å². The summed E-state index contributed by atoms with van der Waals surface area (Å²) in [5.41, 5.74) is 1.25. The molecule has 86 valence electrons. The van der Waals surface area contributed by atoms with Crippen LogP contribution in [0.3, 0.4) is 0 Å². The zero-order valence-electron chi connectivity index (χ0n) is 9.39. The molecule has 1 heterocycles. The van der Waals surface area contributed by atoms with Crippen molar-refractivity contribution in [1.29, 1.82) is 0 Å². The normalized spacial score (nSPS) is 15.9. The fourth-order valence-corrected chi connectivity index (χ4v) is 1.82. The highest BCUT2D eigenvalue weighted by atomic mass is 19.1. The highest BCUT2D eigenvalue weighted by molar-refractivity contribution is 5.62. The number of hydrogen-bond acceptors (Lipinski definition) is 1. The van der Waals surface area contributed by atoms with Crippen LogP contribution in [-0.2, 0) is 6.54 Å². The van der Waals surface area contributed by atoms with Gasteiger partial charge in [0.15, 0.2) is 0 Å². The number of halogens is 2. The molecule has 0 radical (unpaired) electrons. The SMILES string of the molecule is C=C(C)c1cc(F)c(CN2CCC2)cc1F. The Balaban J connectivity index is 2.25. The number of nitrogens with zero attached hydrogens (tertiary/aromatic N) is 1. The Morgan fingerprint density at radius 1 is 1.31 bits per heavy atom. The highest BCUT2D eigenvalue weighted by Crippen LogP contribution is 2.22. The van der Waals surface area contributed by atoms with Crippen LogP contribution in [0, 0.1) is 11.6 Å². The van der Waals surface area contributed by atoms with Gasteiger partial charge in [0, 0.05) is 17.7 Å². The Bertz CT molecular complexity index is 422. The van der Waals surface area contributed by atoms with Crippen LogP contribution < -0.4 is 0 Å². The third-order valence-electron chi connectivity index (χ3n) is 2.94. The van der Waals surface area contributed by atoms with E-state index in [1.54, 1.807) is 6.92 Å². The van der Waals surface area contributed by atoms with Crippen molar-refractivity contribution >= 4 is 5.57 Å². The minimum atomic E-state index is -0.385. The van der Waals surface area contributed by atoms with Crippen LogP contribution in [0.25, 0.3) is 5.57 Å². The van der Waals surface area contributed by atoms with Gasteiger partial charge in [0.25, 0.3) is 0 Å². The maximum Gasteiger partial charge on any atom is 0.131 e. The summed E-state index contributed by atoms with van der Waals surface area (Å²) in [6.45, 7) is 7.75. The molecule has 2 rings (SSSR count). The molecule has 3 heteroatoms. The summed E-state index contributed by atoms with van der Waals surface area (Å²) in [6.07, 6.45) is 1.15. The summed E-state index contributed by atoms with van der Waals surface area (Å²) in [4.78, 5) is 2.10. The predicted molar refractivity (Wildman–Crippen MR) is 61.0 cm³/mol. The topological polar surface area (TPSA) is 3.24 Å². The number of likely N-dealkylation sites (tertiary alicyclic amines) is 1. The van der Waals surface area contributed by atoms with Gasteiger partial charge in [-0.15, -0.1) is 0 Å². The van der Waals surface area contributed by atoms with Crippen LogP contribution in [0.5, 0.6) is 0 Å². The lowest BCUT2D eigenvalue weighted by Gasteiger charge is -2.30. The van der Waals surface area contributed by atoms with Gasteiger partial charge in [-0.2, -0.15) is 0 Å². The van der Waals surface area contributed by atoms with Crippen LogP contribution in [-0.4, -0.2) is 18.0 Å². The lowest BCUT2D eigenvalue weighted by atomic mass is 10.0. The lowest BCUT2D eigenvalue weighted by molar-refractivity contribution is 0.170. The van der Waals surface area contributed by atoms with E-state index in [1.165, 1.54) is 12.1 Å². The third kappa shape index (κ3) is 2.14. The first-order chi connectivity index (χ1) is 7.58. The fraction of sp³-hybridized carbons (Fsp3) is 0.385. The second kappa shape index (κ2) is 4.34. The Morgan fingerprint density at radius 3 is 2.50 bits per heavy atom. The molecule has 0 aliphatic carbocycles. The van der Waals surface area contributed by atoms with Crippen LogP contribution >= 0.6 is 0 Å². The molecule has 0 unspecified atom stereocenters. The molecule has 0 N–H and O–H groups in total. The zero-order chi connectivity index (χ0) is 11.7. The first-order valence-electron chi connectivity index (χ1n) is 5.44. The molecule has 16 heavy (non-hydrogen) atoms. The van der Waals surface area contributed by atoms with Crippen LogP contribution in [0.15, 0.2) is 18.7 Å². The molecule has 0 aromatic heterocycles. The van der Waals surface area contributed by atoms with E-state index >= 15 is 0 Å². The van der Waals surface area contributed by atoms with Crippen molar-refractivity contribution in [2.75, 3.05) is 13.1 Å². The number of hydrogen-bond donors (Lipinski definition) is 0. The Morgan fingerprint density at radius 2 is 2.00 bits per heavy atom. The smallest absolute Gasteiger partial charge is 0.131 e. The van der Waals surface area contributed by atoms with Gasteiger partial charge in [-0.25, -0.2) is 8.78 Å². The third-order valence-corrected chi connectivity index (χ3v) is 2.94. The molecule has 1 aliphatic heterocycles. The van der Waals surface area contributed by atoms with Gasteiger partial charge in [0.05, 0.1) is 0 Å². The quantitative estimate of drug-likeness (QED) is 0.760. The van der Waals surface area contributed by atoms with E-state index < -0.39 is 0 Å². The van der Waals surface area contributed by atoms with Crippen molar-refractivity contribution in [3.63, 3.8) is 0 Å². The summed E-state index contributed by atoms with van der Waals surface area (Å²) in [7, 11) is 0. The Kier molecular flexibility index (Phi) is 3.06. The second-order valence-corrected chi connectivity index (χ2v) is 4.33. The molecule has 1 aliphatic rings. The molecular weight excluding hydrogens is 208 g/mol. The van der Waals surface area contributed by atoms with Gasteiger partial charge in [0.1, 0.15) is 11.6 Å². The fourth-order valence-electron chi connectivity index (χ4n) is 1.82. The van der Waals surface area contributed by atoms with Gasteiger partial charge in [0.2, 0.25) is 0 Å². The molecule has 0 saturated carbocycles. The molecule has 1 saturated heterocycles. The average Bonchev–Trinajstić information content (AvgIpc) is 2.15. The summed E-state index contributed by atoms with van der Waals surface area (Å²) >= 11 is 0. The van der Waals surface area contributed by atoms with Crippen LogP contribution in [0.2, 0.25) is 0 Å². The van der Waals surface area contributed by atoms with E-state index in [0.717, 1.165) is 19.5 Å². The summed E-state index contributed by atoms with van der Waals surface area (Å²) in [5.74, 6) is -0.726. The molecule has 1 nitrogen and oxygen atoms in total. The second-order valence-electron chi connectivity index (χ2n) is 4.33. The van der Waals surface area contributed by atoms with Crippen molar-refractivity contribution in [2.45, 2.75) is 19.9 Å². The van der Waals surface area contributed by atoms with Crippen LogP contribution in [0.1, 0.15) is 24.5 Å². The number of allylic oxidation sites excluding steroid dienone is 1. The number of rotatable bonds is 3. The van der Waals surface area contributed by atoms with E-state index in [1.807, 2.05) is 0 Å². The lowest BCUT2D eigenvalue weighted by Crippen LogP contribution is -2.36. The van der Waals surface area contributed by atoms with E-state index in [2.05, 4.69) is 11.5 Å². The molecule has 1 aromatic carbocycles. The van der Waals surface area contributed by atoms with Crippen molar-refractivity contribution in [3.8, 4) is 0 Å². The molecule has 1 aromatic rings. The van der Waals surface area contributed by atoms with E-state index in [0.29, 0.717) is 17.7 Å². The van der Waals surface area contributed by atoms with Crippen molar-refractivity contribution < 1.29 is 8.78 Å². The van der Waals surface area contributed by atoms with E-state index in [4.69, 9.17) is 0 Å². The monoisotopic (exact) mass is 223 g/mol. The molecule has 0 spiro atoms. The summed E-state index contributed by atoms with van der Waals surface area (Å²) < 4.78 is 27.3. The van der Waals surface area contributed by atoms with Gasteiger partial charge >= 0.3 is 0 Å². The first kappa shape index (κ1) is 11.3. The van der Waals surface area contributed by atoms with Crippen molar-refractivity contribution in [1.82, 2.24) is 4.90 Å². The standard InChI is InChI=1S/C13H15F2N/c1-9(2)11-7-12(14)10(6-13(11)15)8-16-4-3-5-16/h6-7H,1,3-5,8H2,2H3. The molecule has 1 fully saturated rings. The van der Waals surface area contributed by atoms with Gasteiger partial charge < -0.3 is 0 Å². The molecule has 0 amide bonds. The first-order valence-corrected chi connectivity index (χ1v) is 5.44. The maximum atomic E-state index is 13.7.